The summed E-state index contributed by atoms with van der Waals surface area (Å²) in [5.74, 6) is 1.60. The molecule has 1 heterocycles. The van der Waals surface area contributed by atoms with Crippen LogP contribution in [0.2, 0.25) is 0 Å². The summed E-state index contributed by atoms with van der Waals surface area (Å²) in [6.45, 7) is 9.36. The van der Waals surface area contributed by atoms with Crippen LogP contribution in [0.15, 0.2) is 12.4 Å². The fourth-order valence-electron chi connectivity index (χ4n) is 5.77. The van der Waals surface area contributed by atoms with Gasteiger partial charge in [0, 0.05) is 6.42 Å². The standard InChI is InChI=1S/C35H69N2/c1-4-7-10-12-14-16-18-19-20-22-24-26-28-30-35-36(31-9-6-3)33-34-37(35)32-29-27-25-23-21-17-15-13-11-8-5-2/h33-34H,4-32H2,1-3H3/q+1. The van der Waals surface area contributed by atoms with Crippen LogP contribution in [0.5, 0.6) is 0 Å². The van der Waals surface area contributed by atoms with E-state index in [1.165, 1.54) is 186 Å². The van der Waals surface area contributed by atoms with Gasteiger partial charge in [-0.25, -0.2) is 9.13 Å². The summed E-state index contributed by atoms with van der Waals surface area (Å²) in [6, 6.07) is 0. The second-order valence-corrected chi connectivity index (χ2v) is 12.0. The summed E-state index contributed by atoms with van der Waals surface area (Å²) in [5, 5.41) is 0. The fourth-order valence-corrected chi connectivity index (χ4v) is 5.77. The van der Waals surface area contributed by atoms with Crippen molar-refractivity contribution in [1.82, 2.24) is 4.57 Å². The molecular formula is C35H69N2+. The Kier molecular flexibility index (Phi) is 24.8. The van der Waals surface area contributed by atoms with Crippen LogP contribution in [0.1, 0.15) is 194 Å². The van der Waals surface area contributed by atoms with E-state index in [0.717, 1.165) is 0 Å². The van der Waals surface area contributed by atoms with Gasteiger partial charge in [0.05, 0.1) is 13.1 Å². The predicted molar refractivity (Wildman–Crippen MR) is 165 cm³/mol. The third-order valence-electron chi connectivity index (χ3n) is 8.35. The molecule has 1 aromatic rings. The lowest BCUT2D eigenvalue weighted by Gasteiger charge is -2.07. The lowest BCUT2D eigenvalue weighted by molar-refractivity contribution is -0.704. The minimum atomic E-state index is 1.20. The van der Waals surface area contributed by atoms with Crippen LogP contribution >= 0.6 is 0 Å². The Morgan fingerprint density at radius 3 is 1.27 bits per heavy atom. The van der Waals surface area contributed by atoms with E-state index in [4.69, 9.17) is 0 Å². The SMILES string of the molecule is CCCCCCCCCCCCCCCc1n(CCCC)cc[n+]1CCCCCCCCCCCCC. The fraction of sp³-hybridized carbons (Fsp3) is 0.914. The molecular weight excluding hydrogens is 448 g/mol. The highest BCUT2D eigenvalue weighted by Crippen LogP contribution is 2.14. The third-order valence-corrected chi connectivity index (χ3v) is 8.35. The lowest BCUT2D eigenvalue weighted by atomic mass is 10.0. The van der Waals surface area contributed by atoms with Crippen LogP contribution in [-0.4, -0.2) is 4.57 Å². The molecule has 0 amide bonds. The molecule has 2 nitrogen and oxygen atoms in total. The van der Waals surface area contributed by atoms with Crippen molar-refractivity contribution < 1.29 is 4.57 Å². The number of aromatic nitrogens is 2. The molecule has 218 valence electrons. The van der Waals surface area contributed by atoms with Crippen LogP contribution in [0.4, 0.5) is 0 Å². The monoisotopic (exact) mass is 518 g/mol. The highest BCUT2D eigenvalue weighted by molar-refractivity contribution is 4.84. The highest BCUT2D eigenvalue weighted by Gasteiger charge is 2.16. The van der Waals surface area contributed by atoms with Gasteiger partial charge in [0.15, 0.2) is 0 Å². The maximum absolute atomic E-state index is 2.60. The van der Waals surface area contributed by atoms with Crippen molar-refractivity contribution in [2.24, 2.45) is 0 Å². The third kappa shape index (κ3) is 19.9. The summed E-state index contributed by atoms with van der Waals surface area (Å²) < 4.78 is 5.17. The molecule has 0 unspecified atom stereocenters. The van der Waals surface area contributed by atoms with E-state index in [0.29, 0.717) is 0 Å². The van der Waals surface area contributed by atoms with Gasteiger partial charge in [-0.05, 0) is 25.7 Å². The molecule has 0 fully saturated rings. The smallest absolute Gasteiger partial charge is 0.234 e. The van der Waals surface area contributed by atoms with Crippen LogP contribution in [-0.2, 0) is 19.5 Å². The second-order valence-electron chi connectivity index (χ2n) is 12.0. The molecule has 0 N–H and O–H groups in total. The molecule has 0 aliphatic heterocycles. The van der Waals surface area contributed by atoms with E-state index >= 15 is 0 Å². The largest absolute Gasteiger partial charge is 0.256 e. The van der Waals surface area contributed by atoms with Gasteiger partial charge in [0.25, 0.3) is 5.82 Å². The first-order valence-electron chi connectivity index (χ1n) is 17.4. The van der Waals surface area contributed by atoms with Gasteiger partial charge < -0.3 is 0 Å². The van der Waals surface area contributed by atoms with Crippen molar-refractivity contribution in [3.8, 4) is 0 Å². The number of unbranched alkanes of at least 4 members (excludes halogenated alkanes) is 23. The van der Waals surface area contributed by atoms with Crippen LogP contribution in [0.3, 0.4) is 0 Å². The molecule has 1 rings (SSSR count). The highest BCUT2D eigenvalue weighted by atomic mass is 15.1. The Morgan fingerprint density at radius 2 is 0.838 bits per heavy atom. The summed E-state index contributed by atoms with van der Waals surface area (Å²) in [4.78, 5) is 0. The van der Waals surface area contributed by atoms with Gasteiger partial charge in [0.2, 0.25) is 0 Å². The van der Waals surface area contributed by atoms with Gasteiger partial charge in [-0.15, -0.1) is 0 Å². The summed E-state index contributed by atoms with van der Waals surface area (Å²) in [5.41, 5.74) is 0. The van der Waals surface area contributed by atoms with Crippen LogP contribution < -0.4 is 4.57 Å². The number of hydrogen-bond donors (Lipinski definition) is 0. The first kappa shape index (κ1) is 34.2. The predicted octanol–water partition coefficient (Wildman–Crippen LogP) is 11.5. The molecule has 2 heteroatoms. The minimum absolute atomic E-state index is 1.20. The van der Waals surface area contributed by atoms with E-state index in [1.54, 1.807) is 5.82 Å². The van der Waals surface area contributed by atoms with Crippen molar-refractivity contribution in [3.05, 3.63) is 18.2 Å². The molecule has 0 saturated carbocycles. The number of aryl methyl sites for hydroxylation is 2. The molecule has 37 heavy (non-hydrogen) atoms. The number of nitrogens with zero attached hydrogens (tertiary/aromatic N) is 2. The average Bonchev–Trinajstić information content (AvgIpc) is 3.29. The normalized spacial score (nSPS) is 11.5. The van der Waals surface area contributed by atoms with Crippen LogP contribution in [0.25, 0.3) is 0 Å². The molecule has 0 aliphatic rings. The summed E-state index contributed by atoms with van der Waals surface area (Å²) >= 11 is 0. The first-order chi connectivity index (χ1) is 18.3. The average molecular weight is 518 g/mol. The molecule has 0 aliphatic carbocycles. The molecule has 0 aromatic carbocycles. The Hall–Kier alpha value is -0.790. The number of hydrogen-bond acceptors (Lipinski definition) is 0. The van der Waals surface area contributed by atoms with Gasteiger partial charge in [-0.1, -0.05) is 162 Å². The molecule has 0 atom stereocenters. The molecule has 0 bridgehead atoms. The van der Waals surface area contributed by atoms with Crippen molar-refractivity contribution in [3.63, 3.8) is 0 Å². The van der Waals surface area contributed by atoms with Gasteiger partial charge >= 0.3 is 0 Å². The quantitative estimate of drug-likeness (QED) is 0.0737. The van der Waals surface area contributed by atoms with Crippen molar-refractivity contribution in [2.45, 2.75) is 207 Å². The summed E-state index contributed by atoms with van der Waals surface area (Å²) in [6.07, 6.45) is 43.0. The zero-order valence-corrected chi connectivity index (χ0v) is 26.1. The Morgan fingerprint density at radius 1 is 0.459 bits per heavy atom. The summed E-state index contributed by atoms with van der Waals surface area (Å²) in [7, 11) is 0. The number of imidazole rings is 1. The Bertz CT molecular complexity index is 576. The van der Waals surface area contributed by atoms with E-state index < -0.39 is 0 Å². The maximum atomic E-state index is 2.60. The van der Waals surface area contributed by atoms with Crippen molar-refractivity contribution in [2.75, 3.05) is 0 Å². The van der Waals surface area contributed by atoms with Gasteiger partial charge in [-0.2, -0.15) is 0 Å². The molecule has 0 radical (unpaired) electrons. The lowest BCUT2D eigenvalue weighted by Crippen LogP contribution is -2.37. The zero-order chi connectivity index (χ0) is 26.7. The van der Waals surface area contributed by atoms with Crippen molar-refractivity contribution in [1.29, 1.82) is 0 Å². The van der Waals surface area contributed by atoms with Crippen molar-refractivity contribution >= 4 is 0 Å². The molecule has 0 saturated heterocycles. The van der Waals surface area contributed by atoms with E-state index in [1.807, 2.05) is 0 Å². The van der Waals surface area contributed by atoms with E-state index in [2.05, 4.69) is 42.3 Å². The van der Waals surface area contributed by atoms with Crippen LogP contribution in [0, 0.1) is 0 Å². The van der Waals surface area contributed by atoms with E-state index in [9.17, 15) is 0 Å². The molecule has 1 aromatic heterocycles. The molecule has 0 spiro atoms. The second kappa shape index (κ2) is 26.8. The van der Waals surface area contributed by atoms with Gasteiger partial charge in [0.1, 0.15) is 12.4 Å². The van der Waals surface area contributed by atoms with Gasteiger partial charge in [-0.3, -0.25) is 0 Å². The Labute approximate surface area is 234 Å². The number of rotatable bonds is 29. The Balaban J connectivity index is 2.14. The topological polar surface area (TPSA) is 8.81 Å². The zero-order valence-electron chi connectivity index (χ0n) is 26.1. The minimum Gasteiger partial charge on any atom is -0.234 e. The maximum Gasteiger partial charge on any atom is 0.256 e. The first-order valence-corrected chi connectivity index (χ1v) is 17.4. The van der Waals surface area contributed by atoms with E-state index in [-0.39, 0.29) is 0 Å².